The van der Waals surface area contributed by atoms with E-state index in [0.717, 1.165) is 45.5 Å². The minimum absolute atomic E-state index is 0.273. The molecule has 0 saturated carbocycles. The second kappa shape index (κ2) is 8.98. The van der Waals surface area contributed by atoms with Crippen molar-refractivity contribution in [2.24, 2.45) is 0 Å². The Hall–Kier alpha value is -3.05. The summed E-state index contributed by atoms with van der Waals surface area (Å²) < 4.78 is 18.6. The summed E-state index contributed by atoms with van der Waals surface area (Å²) in [7, 11) is 0. The molecule has 2 heterocycles. The summed E-state index contributed by atoms with van der Waals surface area (Å²) in [6, 6.07) is 14.2. The van der Waals surface area contributed by atoms with Gasteiger partial charge in [-0.2, -0.15) is 0 Å². The lowest BCUT2D eigenvalue weighted by Crippen LogP contribution is -2.00. The number of aromatic amines is 1. The fourth-order valence-corrected chi connectivity index (χ4v) is 4.26. The van der Waals surface area contributed by atoms with Crippen LogP contribution in [0.1, 0.15) is 35.6 Å². The molecule has 0 aliphatic heterocycles. The molecule has 3 nitrogen and oxygen atoms in total. The fraction of sp³-hybridized carbons (Fsp3) is 0.192. The fourth-order valence-electron chi connectivity index (χ4n) is 3.64. The molecular formula is C26H26FN3S. The van der Waals surface area contributed by atoms with Crippen molar-refractivity contribution in [3.63, 3.8) is 0 Å². The monoisotopic (exact) mass is 431 g/mol. The lowest BCUT2D eigenvalue weighted by Gasteiger charge is -2.14. The Labute approximate surface area is 186 Å². The summed E-state index contributed by atoms with van der Waals surface area (Å²) >= 11 is 1.51. The van der Waals surface area contributed by atoms with Gasteiger partial charge in [0.25, 0.3) is 0 Å². The van der Waals surface area contributed by atoms with E-state index >= 15 is 4.39 Å². The molecule has 0 spiro atoms. The average Bonchev–Trinajstić information content (AvgIpc) is 3.19. The van der Waals surface area contributed by atoms with Crippen LogP contribution in [0, 0.1) is 19.7 Å². The Kier molecular flexibility index (Phi) is 6.14. The van der Waals surface area contributed by atoms with E-state index in [9.17, 15) is 0 Å². The number of rotatable bonds is 7. The zero-order valence-electron chi connectivity index (χ0n) is 18.1. The van der Waals surface area contributed by atoms with Crippen LogP contribution >= 0.6 is 11.9 Å². The topological polar surface area (TPSA) is 40.7 Å². The van der Waals surface area contributed by atoms with Gasteiger partial charge in [-0.15, -0.1) is 0 Å². The van der Waals surface area contributed by atoms with Crippen molar-refractivity contribution in [1.82, 2.24) is 9.97 Å². The number of pyridine rings is 1. The van der Waals surface area contributed by atoms with Crippen molar-refractivity contribution < 1.29 is 4.39 Å². The third-order valence-corrected chi connectivity index (χ3v) is 6.36. The van der Waals surface area contributed by atoms with Gasteiger partial charge in [-0.05, 0) is 49.1 Å². The van der Waals surface area contributed by atoms with E-state index < -0.39 is 0 Å². The van der Waals surface area contributed by atoms with E-state index in [4.69, 9.17) is 0 Å². The minimum Gasteiger partial charge on any atom is -0.346 e. The highest BCUT2D eigenvalue weighted by atomic mass is 32.2. The first kappa shape index (κ1) is 21.2. The molecule has 31 heavy (non-hydrogen) atoms. The first-order valence-corrected chi connectivity index (χ1v) is 11.4. The van der Waals surface area contributed by atoms with Gasteiger partial charge in [0.15, 0.2) is 5.82 Å². The standard InChI is InChI=1S/C26H26FN3S/c1-5-12-31-30-23-11-8-17(3)24(25(23)27)18(4)22-15-29-26-21(22)13-20(14-28-26)19-9-6-16(2)7-10-19/h6-11,13-15,30H,4-5,12H2,1-3H3,(H,28,29). The second-order valence-electron chi connectivity index (χ2n) is 7.74. The van der Waals surface area contributed by atoms with Gasteiger partial charge in [0.2, 0.25) is 0 Å². The molecule has 4 aromatic rings. The number of fused-ring (bicyclic) bond motifs is 1. The molecule has 0 unspecified atom stereocenters. The van der Waals surface area contributed by atoms with Crippen LogP contribution in [0.25, 0.3) is 27.7 Å². The summed E-state index contributed by atoms with van der Waals surface area (Å²) in [6.45, 7) is 10.4. The number of hydrogen-bond donors (Lipinski definition) is 2. The number of aromatic nitrogens is 2. The highest BCUT2D eigenvalue weighted by Gasteiger charge is 2.18. The molecule has 0 saturated heterocycles. The molecule has 5 heteroatoms. The van der Waals surface area contributed by atoms with Crippen molar-refractivity contribution in [2.45, 2.75) is 27.2 Å². The van der Waals surface area contributed by atoms with Crippen LogP contribution in [-0.2, 0) is 0 Å². The molecule has 2 aromatic heterocycles. The Morgan fingerprint density at radius 3 is 2.65 bits per heavy atom. The Morgan fingerprint density at radius 2 is 1.90 bits per heavy atom. The van der Waals surface area contributed by atoms with Gasteiger partial charge in [-0.1, -0.05) is 61.3 Å². The number of anilines is 1. The SMILES string of the molecule is C=C(c1c(C)ccc(NSCCC)c1F)c1c[nH]c2ncc(-c3ccc(C)cc3)cc12. The van der Waals surface area contributed by atoms with Crippen LogP contribution in [0.4, 0.5) is 10.1 Å². The van der Waals surface area contributed by atoms with Gasteiger partial charge < -0.3 is 9.71 Å². The lowest BCUT2D eigenvalue weighted by atomic mass is 9.94. The van der Waals surface area contributed by atoms with Gasteiger partial charge in [-0.3, -0.25) is 0 Å². The summed E-state index contributed by atoms with van der Waals surface area (Å²) in [4.78, 5) is 7.79. The van der Waals surface area contributed by atoms with Crippen LogP contribution in [0.2, 0.25) is 0 Å². The van der Waals surface area contributed by atoms with Gasteiger partial charge in [-0.25, -0.2) is 9.37 Å². The third kappa shape index (κ3) is 4.23. The van der Waals surface area contributed by atoms with Crippen molar-refractivity contribution >= 4 is 34.2 Å². The number of hydrogen-bond acceptors (Lipinski definition) is 3. The molecule has 4 rings (SSSR count). The van der Waals surface area contributed by atoms with E-state index in [1.807, 2.05) is 25.4 Å². The zero-order chi connectivity index (χ0) is 22.0. The second-order valence-corrected chi connectivity index (χ2v) is 8.64. The predicted octanol–water partition coefficient (Wildman–Crippen LogP) is 7.52. The van der Waals surface area contributed by atoms with Crippen LogP contribution in [0.5, 0.6) is 0 Å². The number of halogens is 1. The predicted molar refractivity (Wildman–Crippen MR) is 132 cm³/mol. The smallest absolute Gasteiger partial charge is 0.155 e. The molecule has 0 bridgehead atoms. The highest BCUT2D eigenvalue weighted by molar-refractivity contribution is 8.00. The molecule has 0 fully saturated rings. The molecular weight excluding hydrogens is 405 g/mol. The van der Waals surface area contributed by atoms with E-state index in [1.54, 1.807) is 6.07 Å². The third-order valence-electron chi connectivity index (χ3n) is 5.38. The van der Waals surface area contributed by atoms with Gasteiger partial charge in [0.1, 0.15) is 5.65 Å². The maximum absolute atomic E-state index is 15.4. The summed E-state index contributed by atoms with van der Waals surface area (Å²) in [5.41, 5.74) is 7.46. The molecule has 0 radical (unpaired) electrons. The molecule has 0 aliphatic rings. The largest absolute Gasteiger partial charge is 0.346 e. The van der Waals surface area contributed by atoms with Crippen molar-refractivity contribution in [3.8, 4) is 11.1 Å². The molecule has 2 aromatic carbocycles. The van der Waals surface area contributed by atoms with Crippen LogP contribution < -0.4 is 4.72 Å². The van der Waals surface area contributed by atoms with E-state index in [1.165, 1.54) is 17.5 Å². The lowest BCUT2D eigenvalue weighted by molar-refractivity contribution is 0.627. The number of nitrogens with one attached hydrogen (secondary N) is 2. The van der Waals surface area contributed by atoms with Gasteiger partial charge >= 0.3 is 0 Å². The Bertz CT molecular complexity index is 1240. The molecule has 2 N–H and O–H groups in total. The minimum atomic E-state index is -0.273. The maximum atomic E-state index is 15.4. The van der Waals surface area contributed by atoms with E-state index in [0.29, 0.717) is 16.8 Å². The van der Waals surface area contributed by atoms with Crippen molar-refractivity contribution in [2.75, 3.05) is 10.5 Å². The van der Waals surface area contributed by atoms with Crippen molar-refractivity contribution in [1.29, 1.82) is 0 Å². The summed E-state index contributed by atoms with van der Waals surface area (Å²) in [6.07, 6.45) is 4.75. The normalized spacial score (nSPS) is 11.1. The number of aryl methyl sites for hydroxylation is 2. The van der Waals surface area contributed by atoms with Gasteiger partial charge in [0.05, 0.1) is 5.69 Å². The van der Waals surface area contributed by atoms with Crippen LogP contribution in [0.3, 0.4) is 0 Å². The summed E-state index contributed by atoms with van der Waals surface area (Å²) in [5.74, 6) is 0.644. The Morgan fingerprint density at radius 1 is 1.13 bits per heavy atom. The van der Waals surface area contributed by atoms with Crippen molar-refractivity contribution in [3.05, 3.63) is 89.5 Å². The van der Waals surface area contributed by atoms with Crippen LogP contribution in [0.15, 0.2) is 61.4 Å². The molecule has 0 aliphatic carbocycles. The zero-order valence-corrected chi connectivity index (χ0v) is 18.9. The highest BCUT2D eigenvalue weighted by Crippen LogP contribution is 2.35. The quantitative estimate of drug-likeness (QED) is 0.235. The number of nitrogens with zero attached hydrogens (tertiary/aromatic N) is 1. The molecule has 0 atom stereocenters. The summed E-state index contributed by atoms with van der Waals surface area (Å²) in [5, 5.41) is 0.931. The molecule has 158 valence electrons. The number of H-pyrrole nitrogens is 1. The Balaban J connectivity index is 1.75. The average molecular weight is 432 g/mol. The van der Waals surface area contributed by atoms with E-state index in [-0.39, 0.29) is 5.82 Å². The van der Waals surface area contributed by atoms with Gasteiger partial charge in [0, 0.05) is 40.2 Å². The first-order valence-electron chi connectivity index (χ1n) is 10.4. The maximum Gasteiger partial charge on any atom is 0.155 e. The van der Waals surface area contributed by atoms with E-state index in [2.05, 4.69) is 65.4 Å². The first-order chi connectivity index (χ1) is 15.0. The van der Waals surface area contributed by atoms with Crippen LogP contribution in [-0.4, -0.2) is 15.7 Å². The molecule has 0 amide bonds. The number of benzene rings is 2.